The first-order chi connectivity index (χ1) is 17.9. The van der Waals surface area contributed by atoms with E-state index in [-0.39, 0.29) is 41.9 Å². The van der Waals surface area contributed by atoms with Gasteiger partial charge in [0.15, 0.2) is 5.78 Å². The molecule has 0 atom stereocenters. The first-order valence-electron chi connectivity index (χ1n) is 12.7. The zero-order valence-electron chi connectivity index (χ0n) is 21.9. The summed E-state index contributed by atoms with van der Waals surface area (Å²) in [6.07, 6.45) is 0.870. The van der Waals surface area contributed by atoms with Crippen LogP contribution in [0, 0.1) is 5.92 Å². The Morgan fingerprint density at radius 3 is 2.16 bits per heavy atom. The number of hydrogen-bond acceptors (Lipinski definition) is 4. The largest absolute Gasteiger partial charge is 0.326 e. The van der Waals surface area contributed by atoms with Gasteiger partial charge in [-0.05, 0) is 53.6 Å². The van der Waals surface area contributed by atoms with E-state index in [4.69, 9.17) is 11.6 Å². The normalized spacial score (nSPS) is 15.3. The molecule has 1 amide bonds. The smallest absolute Gasteiger partial charge is 0.227 e. The lowest BCUT2D eigenvalue weighted by molar-refractivity contribution is -0.120. The lowest BCUT2D eigenvalue weighted by atomic mass is 9.86. The van der Waals surface area contributed by atoms with Gasteiger partial charge in [0.25, 0.3) is 0 Å². The zero-order chi connectivity index (χ0) is 27.5. The molecule has 38 heavy (non-hydrogen) atoms. The Labute approximate surface area is 230 Å². The molecular weight excluding hydrogens is 520 g/mol. The fourth-order valence-electron chi connectivity index (χ4n) is 4.55. The molecule has 0 bridgehead atoms. The average Bonchev–Trinajstić information content (AvgIpc) is 2.89. The van der Waals surface area contributed by atoms with Gasteiger partial charge in [0.1, 0.15) is 0 Å². The van der Waals surface area contributed by atoms with E-state index in [0.717, 1.165) is 5.56 Å². The number of carbonyl (C=O) groups is 2. The molecule has 0 unspecified atom stereocenters. The number of nitrogens with one attached hydrogen (secondary N) is 1. The first-order valence-corrected chi connectivity index (χ1v) is 14.7. The first kappa shape index (κ1) is 28.0. The third kappa shape index (κ3) is 6.90. The van der Waals surface area contributed by atoms with Crippen molar-refractivity contribution in [3.05, 3.63) is 100 Å². The third-order valence-electron chi connectivity index (χ3n) is 6.89. The Kier molecular flexibility index (Phi) is 8.40. The highest BCUT2D eigenvalue weighted by atomic mass is 35.5. The van der Waals surface area contributed by atoms with Gasteiger partial charge in [0.05, 0.1) is 5.75 Å². The minimum absolute atomic E-state index is 0.00279. The van der Waals surface area contributed by atoms with E-state index in [0.29, 0.717) is 40.2 Å². The summed E-state index contributed by atoms with van der Waals surface area (Å²) in [6, 6.07) is 21.3. The number of halogens is 1. The number of anilines is 1. The van der Waals surface area contributed by atoms with Gasteiger partial charge in [-0.25, -0.2) is 12.7 Å². The number of benzene rings is 3. The van der Waals surface area contributed by atoms with Crippen LogP contribution in [0.3, 0.4) is 0 Å². The topological polar surface area (TPSA) is 83.6 Å². The molecule has 0 saturated carbocycles. The van der Waals surface area contributed by atoms with Crippen LogP contribution in [0.25, 0.3) is 0 Å². The SMILES string of the molecule is CC(C)(C)c1ccc(C(=O)c2cccc(NC(=O)C3CCN(S(=O)(=O)Cc4ccc(Cl)cc4)CC3)c2)cc1. The lowest BCUT2D eigenvalue weighted by Crippen LogP contribution is -2.41. The highest BCUT2D eigenvalue weighted by molar-refractivity contribution is 7.88. The Morgan fingerprint density at radius 2 is 1.55 bits per heavy atom. The standard InChI is InChI=1S/C30H33ClN2O4S/c1-30(2,3)25-11-9-22(10-12-25)28(34)24-5-4-6-27(19-24)32-29(35)23-15-17-33(18-16-23)38(36,37)20-21-7-13-26(31)14-8-21/h4-14,19,23H,15-18,20H2,1-3H3,(H,32,35). The molecule has 0 spiro atoms. The molecule has 3 aromatic rings. The van der Waals surface area contributed by atoms with Gasteiger partial charge in [0.2, 0.25) is 15.9 Å². The van der Waals surface area contributed by atoms with Crippen LogP contribution in [0.2, 0.25) is 5.02 Å². The van der Waals surface area contributed by atoms with Crippen molar-refractivity contribution in [1.82, 2.24) is 4.31 Å². The molecular formula is C30H33ClN2O4S. The van der Waals surface area contributed by atoms with Gasteiger partial charge in [-0.3, -0.25) is 9.59 Å². The summed E-state index contributed by atoms with van der Waals surface area (Å²) in [4.78, 5) is 26.0. The minimum Gasteiger partial charge on any atom is -0.326 e. The van der Waals surface area contributed by atoms with Crippen molar-refractivity contribution in [2.75, 3.05) is 18.4 Å². The average molecular weight is 553 g/mol. The number of ketones is 1. The third-order valence-corrected chi connectivity index (χ3v) is 8.99. The molecule has 0 radical (unpaired) electrons. The molecule has 1 saturated heterocycles. The van der Waals surface area contributed by atoms with E-state index in [2.05, 4.69) is 26.1 Å². The molecule has 8 heteroatoms. The summed E-state index contributed by atoms with van der Waals surface area (Å²) in [5.74, 6) is -0.679. The molecule has 1 heterocycles. The van der Waals surface area contributed by atoms with Crippen LogP contribution < -0.4 is 5.32 Å². The van der Waals surface area contributed by atoms with Crippen LogP contribution in [0.1, 0.15) is 60.7 Å². The summed E-state index contributed by atoms with van der Waals surface area (Å²) in [5.41, 5.74) is 3.46. The van der Waals surface area contributed by atoms with E-state index in [9.17, 15) is 18.0 Å². The number of rotatable bonds is 7. The number of nitrogens with zero attached hydrogens (tertiary/aromatic N) is 1. The predicted molar refractivity (Wildman–Crippen MR) is 152 cm³/mol. The van der Waals surface area contributed by atoms with Gasteiger partial charge in [-0.15, -0.1) is 0 Å². The maximum atomic E-state index is 13.0. The molecule has 1 N–H and O–H groups in total. The van der Waals surface area contributed by atoms with Crippen LogP contribution in [0.5, 0.6) is 0 Å². The number of amides is 1. The Balaban J connectivity index is 1.34. The van der Waals surface area contributed by atoms with Gasteiger partial charge >= 0.3 is 0 Å². The number of hydrogen-bond donors (Lipinski definition) is 1. The van der Waals surface area contributed by atoms with Crippen LogP contribution in [-0.2, 0) is 26.0 Å². The molecule has 4 rings (SSSR count). The minimum atomic E-state index is -3.49. The highest BCUT2D eigenvalue weighted by Crippen LogP contribution is 2.25. The maximum absolute atomic E-state index is 13.0. The molecule has 0 aromatic heterocycles. The van der Waals surface area contributed by atoms with Gasteiger partial charge in [-0.1, -0.05) is 80.9 Å². The van der Waals surface area contributed by atoms with Crippen LogP contribution in [0.15, 0.2) is 72.8 Å². The van der Waals surface area contributed by atoms with Crippen molar-refractivity contribution in [3.8, 4) is 0 Å². The molecule has 200 valence electrons. The quantitative estimate of drug-likeness (QED) is 0.362. The summed E-state index contributed by atoms with van der Waals surface area (Å²) < 4.78 is 27.2. The van der Waals surface area contributed by atoms with Gasteiger partial charge in [-0.2, -0.15) is 0 Å². The summed E-state index contributed by atoms with van der Waals surface area (Å²) in [7, 11) is -3.49. The summed E-state index contributed by atoms with van der Waals surface area (Å²) >= 11 is 5.89. The predicted octanol–water partition coefficient (Wildman–Crippen LogP) is 6.05. The number of piperidine rings is 1. The molecule has 1 aliphatic rings. The summed E-state index contributed by atoms with van der Waals surface area (Å²) in [5, 5.41) is 3.47. The van der Waals surface area contributed by atoms with Crippen molar-refractivity contribution < 1.29 is 18.0 Å². The maximum Gasteiger partial charge on any atom is 0.227 e. The summed E-state index contributed by atoms with van der Waals surface area (Å²) in [6.45, 7) is 6.95. The van der Waals surface area contributed by atoms with Gasteiger partial charge in [0, 0.05) is 40.8 Å². The van der Waals surface area contributed by atoms with Crippen molar-refractivity contribution in [2.45, 2.75) is 44.8 Å². The molecule has 0 aliphatic carbocycles. The van der Waals surface area contributed by atoms with E-state index < -0.39 is 10.0 Å². The van der Waals surface area contributed by atoms with E-state index in [1.54, 1.807) is 48.5 Å². The van der Waals surface area contributed by atoms with Crippen molar-refractivity contribution in [3.63, 3.8) is 0 Å². The Morgan fingerprint density at radius 1 is 0.921 bits per heavy atom. The molecule has 1 fully saturated rings. The number of sulfonamides is 1. The van der Waals surface area contributed by atoms with E-state index >= 15 is 0 Å². The van der Waals surface area contributed by atoms with Crippen molar-refractivity contribution in [2.24, 2.45) is 5.92 Å². The Bertz CT molecular complexity index is 1400. The van der Waals surface area contributed by atoms with Crippen LogP contribution in [-0.4, -0.2) is 37.5 Å². The van der Waals surface area contributed by atoms with Crippen molar-refractivity contribution >= 4 is 39.0 Å². The molecule has 1 aliphatic heterocycles. The second kappa shape index (κ2) is 11.4. The number of carbonyl (C=O) groups excluding carboxylic acids is 2. The fourth-order valence-corrected chi connectivity index (χ4v) is 6.24. The highest BCUT2D eigenvalue weighted by Gasteiger charge is 2.31. The van der Waals surface area contributed by atoms with Crippen molar-refractivity contribution in [1.29, 1.82) is 0 Å². The van der Waals surface area contributed by atoms with E-state index in [1.165, 1.54) is 4.31 Å². The fraction of sp³-hybridized carbons (Fsp3) is 0.333. The molecule has 3 aromatic carbocycles. The van der Waals surface area contributed by atoms with Crippen LogP contribution in [0.4, 0.5) is 5.69 Å². The van der Waals surface area contributed by atoms with Gasteiger partial charge < -0.3 is 5.32 Å². The second-order valence-corrected chi connectivity index (χ2v) is 13.2. The van der Waals surface area contributed by atoms with Crippen LogP contribution >= 0.6 is 11.6 Å². The zero-order valence-corrected chi connectivity index (χ0v) is 23.5. The molecule has 6 nitrogen and oxygen atoms in total. The Hall–Kier alpha value is -3.00. The monoisotopic (exact) mass is 552 g/mol. The van der Waals surface area contributed by atoms with E-state index in [1.807, 2.05) is 24.3 Å². The lowest BCUT2D eigenvalue weighted by Gasteiger charge is -2.30. The second-order valence-electron chi connectivity index (χ2n) is 10.8.